The summed E-state index contributed by atoms with van der Waals surface area (Å²) in [6.07, 6.45) is 0. The fourth-order valence-corrected chi connectivity index (χ4v) is 2.51. The third kappa shape index (κ3) is 2.72. The van der Waals surface area contributed by atoms with Crippen LogP contribution in [0.5, 0.6) is 0 Å². The summed E-state index contributed by atoms with van der Waals surface area (Å²) >= 11 is 0. The molecule has 0 aromatic heterocycles. The number of carboxylic acids is 1. The Morgan fingerprint density at radius 1 is 1.24 bits per heavy atom. The molecule has 2 amide bonds. The molecule has 0 radical (unpaired) electrons. The van der Waals surface area contributed by atoms with Gasteiger partial charge in [-0.15, -0.1) is 0 Å². The number of hydrogen-bond acceptors (Lipinski definition) is 4. The zero-order valence-corrected chi connectivity index (χ0v) is 11.6. The predicted molar refractivity (Wildman–Crippen MR) is 72.2 cm³/mol. The predicted octanol–water partition coefficient (Wildman–Crippen LogP) is 0.863. The van der Waals surface area contributed by atoms with E-state index in [0.29, 0.717) is 5.69 Å². The quantitative estimate of drug-likeness (QED) is 0.837. The lowest BCUT2D eigenvalue weighted by atomic mass is 10.0. The number of aliphatic carboxylic acids is 1. The number of nitrogens with zero attached hydrogens (tertiary/aromatic N) is 2. The molecule has 1 saturated heterocycles. The number of rotatable bonds is 3. The molecule has 2 rings (SSSR count). The van der Waals surface area contributed by atoms with Crippen LogP contribution in [-0.2, 0) is 14.4 Å². The van der Waals surface area contributed by atoms with Crippen molar-refractivity contribution in [2.24, 2.45) is 0 Å². The summed E-state index contributed by atoms with van der Waals surface area (Å²) in [7, 11) is 0. The van der Waals surface area contributed by atoms with E-state index >= 15 is 0 Å². The molecule has 112 valence electrons. The molecule has 1 aromatic carbocycles. The average Bonchev–Trinajstić information content (AvgIpc) is 2.41. The second-order valence-electron chi connectivity index (χ2n) is 4.90. The largest absolute Gasteiger partial charge is 0.480 e. The highest BCUT2D eigenvalue weighted by Crippen LogP contribution is 2.26. The van der Waals surface area contributed by atoms with Crippen LogP contribution >= 0.6 is 0 Å². The maximum absolute atomic E-state index is 13.3. The van der Waals surface area contributed by atoms with Crippen molar-refractivity contribution in [3.8, 4) is 0 Å². The Hall–Kier alpha value is -2.44. The minimum Gasteiger partial charge on any atom is -0.480 e. The van der Waals surface area contributed by atoms with Crippen LogP contribution in [0.15, 0.2) is 24.3 Å². The minimum atomic E-state index is -1.25. The van der Waals surface area contributed by atoms with Crippen LogP contribution in [0.2, 0.25) is 0 Å². The highest BCUT2D eigenvalue weighted by atomic mass is 19.1. The van der Waals surface area contributed by atoms with Gasteiger partial charge in [-0.25, -0.2) is 4.39 Å². The van der Waals surface area contributed by atoms with Gasteiger partial charge >= 0.3 is 5.97 Å². The first-order valence-corrected chi connectivity index (χ1v) is 6.44. The van der Waals surface area contributed by atoms with E-state index in [2.05, 4.69) is 0 Å². The summed E-state index contributed by atoms with van der Waals surface area (Å²) in [5.41, 5.74) is 0.409. The van der Waals surface area contributed by atoms with Gasteiger partial charge in [0, 0.05) is 5.69 Å². The second kappa shape index (κ2) is 5.51. The number of benzene rings is 1. The number of imide groups is 1. The minimum absolute atomic E-state index is 0.409. The maximum Gasteiger partial charge on any atom is 0.323 e. The molecule has 6 nitrogen and oxygen atoms in total. The molecule has 0 saturated carbocycles. The fourth-order valence-electron chi connectivity index (χ4n) is 2.51. The SMILES string of the molecule is CC1C(=O)N(CC(=O)O)C(=O)C(C)N1c1cccc(F)c1. The molecule has 2 atom stereocenters. The van der Waals surface area contributed by atoms with Crippen LogP contribution < -0.4 is 4.90 Å². The van der Waals surface area contributed by atoms with Crippen molar-refractivity contribution >= 4 is 23.5 Å². The molecule has 1 N–H and O–H groups in total. The molecule has 1 heterocycles. The molecular weight excluding hydrogens is 279 g/mol. The molecule has 1 fully saturated rings. The lowest BCUT2D eigenvalue weighted by Gasteiger charge is -2.42. The van der Waals surface area contributed by atoms with E-state index in [1.54, 1.807) is 19.9 Å². The van der Waals surface area contributed by atoms with Crippen molar-refractivity contribution in [1.29, 1.82) is 0 Å². The van der Waals surface area contributed by atoms with Gasteiger partial charge in [-0.1, -0.05) is 6.07 Å². The Labute approximate surface area is 120 Å². The van der Waals surface area contributed by atoms with Gasteiger partial charge in [-0.2, -0.15) is 0 Å². The Morgan fingerprint density at radius 3 is 2.29 bits per heavy atom. The Kier molecular flexibility index (Phi) is 3.93. The Bertz CT molecular complexity index is 582. The van der Waals surface area contributed by atoms with Crippen molar-refractivity contribution < 1.29 is 23.9 Å². The second-order valence-corrected chi connectivity index (χ2v) is 4.90. The lowest BCUT2D eigenvalue weighted by Crippen LogP contribution is -2.64. The number of anilines is 1. The molecule has 1 aliphatic rings. The van der Waals surface area contributed by atoms with Gasteiger partial charge in [0.1, 0.15) is 24.4 Å². The van der Waals surface area contributed by atoms with Gasteiger partial charge in [0.15, 0.2) is 0 Å². The Balaban J connectivity index is 2.36. The van der Waals surface area contributed by atoms with Crippen LogP contribution in [0.1, 0.15) is 13.8 Å². The monoisotopic (exact) mass is 294 g/mol. The Morgan fingerprint density at radius 2 is 1.81 bits per heavy atom. The van der Waals surface area contributed by atoms with Crippen LogP contribution in [-0.4, -0.2) is 46.4 Å². The number of hydrogen-bond donors (Lipinski definition) is 1. The van der Waals surface area contributed by atoms with E-state index in [-0.39, 0.29) is 0 Å². The van der Waals surface area contributed by atoms with E-state index in [1.807, 2.05) is 0 Å². The maximum atomic E-state index is 13.3. The highest BCUT2D eigenvalue weighted by Gasteiger charge is 2.43. The van der Waals surface area contributed by atoms with Gasteiger partial charge in [0.2, 0.25) is 0 Å². The summed E-state index contributed by atoms with van der Waals surface area (Å²) in [6, 6.07) is 4.09. The topological polar surface area (TPSA) is 77.9 Å². The first-order valence-electron chi connectivity index (χ1n) is 6.44. The van der Waals surface area contributed by atoms with Crippen LogP contribution in [0, 0.1) is 5.82 Å². The lowest BCUT2D eigenvalue weighted by molar-refractivity contribution is -0.156. The number of carbonyl (C=O) groups excluding carboxylic acids is 2. The van der Waals surface area contributed by atoms with Crippen LogP contribution in [0.25, 0.3) is 0 Å². The summed E-state index contributed by atoms with van der Waals surface area (Å²) in [6.45, 7) is 2.46. The first-order chi connectivity index (χ1) is 9.82. The number of carbonyl (C=O) groups is 3. The van der Waals surface area contributed by atoms with E-state index in [4.69, 9.17) is 5.11 Å². The summed E-state index contributed by atoms with van der Waals surface area (Å²) < 4.78 is 13.3. The summed E-state index contributed by atoms with van der Waals surface area (Å²) in [5, 5.41) is 8.78. The molecule has 21 heavy (non-hydrogen) atoms. The average molecular weight is 294 g/mol. The molecule has 0 aliphatic carbocycles. The molecule has 1 aromatic rings. The molecule has 7 heteroatoms. The summed E-state index contributed by atoms with van der Waals surface area (Å²) in [4.78, 5) is 37.4. The summed E-state index contributed by atoms with van der Waals surface area (Å²) in [5.74, 6) is -2.94. The van der Waals surface area contributed by atoms with Gasteiger partial charge in [-0.3, -0.25) is 19.3 Å². The van der Waals surface area contributed by atoms with E-state index in [0.717, 1.165) is 4.90 Å². The van der Waals surface area contributed by atoms with Crippen molar-refractivity contribution in [2.45, 2.75) is 25.9 Å². The molecule has 0 bridgehead atoms. The molecule has 1 aliphatic heterocycles. The zero-order chi connectivity index (χ0) is 15.7. The van der Waals surface area contributed by atoms with Crippen molar-refractivity contribution in [3.63, 3.8) is 0 Å². The van der Waals surface area contributed by atoms with Crippen LogP contribution in [0.4, 0.5) is 10.1 Å². The highest BCUT2D eigenvalue weighted by molar-refractivity contribution is 6.07. The van der Waals surface area contributed by atoms with Gasteiger partial charge < -0.3 is 10.0 Å². The molecule has 0 spiro atoms. The van der Waals surface area contributed by atoms with Crippen molar-refractivity contribution in [2.75, 3.05) is 11.4 Å². The van der Waals surface area contributed by atoms with Crippen molar-refractivity contribution in [1.82, 2.24) is 4.90 Å². The van der Waals surface area contributed by atoms with E-state index in [1.165, 1.54) is 23.1 Å². The van der Waals surface area contributed by atoms with Gasteiger partial charge in [0.05, 0.1) is 0 Å². The number of amides is 2. The van der Waals surface area contributed by atoms with Crippen molar-refractivity contribution in [3.05, 3.63) is 30.1 Å². The molecular formula is C14H15FN2O4. The zero-order valence-electron chi connectivity index (χ0n) is 11.6. The van der Waals surface area contributed by atoms with E-state index in [9.17, 15) is 18.8 Å². The third-order valence-electron chi connectivity index (χ3n) is 3.48. The fraction of sp³-hybridized carbons (Fsp3) is 0.357. The molecule has 2 unspecified atom stereocenters. The number of piperazine rings is 1. The first kappa shape index (κ1) is 15.0. The number of carboxylic acid groups (broad SMARTS) is 1. The van der Waals surface area contributed by atoms with Gasteiger partial charge in [0.25, 0.3) is 11.8 Å². The number of halogens is 1. The third-order valence-corrected chi connectivity index (χ3v) is 3.48. The van der Waals surface area contributed by atoms with E-state index < -0.39 is 42.2 Å². The smallest absolute Gasteiger partial charge is 0.323 e. The van der Waals surface area contributed by atoms with Crippen LogP contribution in [0.3, 0.4) is 0 Å². The van der Waals surface area contributed by atoms with Gasteiger partial charge in [-0.05, 0) is 32.0 Å². The standard InChI is InChI=1S/C14H15FN2O4/c1-8-13(20)16(7-12(18)19)14(21)9(2)17(8)11-5-3-4-10(15)6-11/h3-6,8-9H,7H2,1-2H3,(H,18,19). The normalized spacial score (nSPS) is 22.6.